The van der Waals surface area contributed by atoms with Gasteiger partial charge in [-0.15, -0.1) is 0 Å². The predicted octanol–water partition coefficient (Wildman–Crippen LogP) is 2.21. The third-order valence-electron chi connectivity index (χ3n) is 5.07. The van der Waals surface area contributed by atoms with Crippen LogP contribution in [0.2, 0.25) is 5.02 Å². The van der Waals surface area contributed by atoms with Gasteiger partial charge in [0.1, 0.15) is 5.75 Å². The summed E-state index contributed by atoms with van der Waals surface area (Å²) in [5, 5.41) is 20.0. The van der Waals surface area contributed by atoms with Crippen LogP contribution in [0.5, 0.6) is 5.75 Å². The molecule has 6 heteroatoms. The molecule has 24 heavy (non-hydrogen) atoms. The van der Waals surface area contributed by atoms with E-state index in [0.717, 1.165) is 26.1 Å². The summed E-state index contributed by atoms with van der Waals surface area (Å²) in [5.74, 6) is 0.195. The number of aliphatic hydroxyl groups is 1. The number of piperidine rings is 1. The average Bonchev–Trinajstić information content (AvgIpc) is 3.07. The Morgan fingerprint density at radius 2 is 1.92 bits per heavy atom. The van der Waals surface area contributed by atoms with Crippen molar-refractivity contribution in [1.82, 2.24) is 9.80 Å². The average molecular weight is 353 g/mol. The zero-order valence-corrected chi connectivity index (χ0v) is 14.6. The molecule has 5 nitrogen and oxygen atoms in total. The normalized spacial score (nSPS) is 25.2. The van der Waals surface area contributed by atoms with Crippen molar-refractivity contribution in [2.75, 3.05) is 39.3 Å². The number of nitrogens with zero attached hydrogens (tertiary/aromatic N) is 2. The Labute approximate surface area is 147 Å². The van der Waals surface area contributed by atoms with Crippen molar-refractivity contribution >= 4 is 17.5 Å². The zero-order valence-electron chi connectivity index (χ0n) is 13.8. The van der Waals surface area contributed by atoms with Crippen LogP contribution in [0.25, 0.3) is 0 Å². The molecule has 1 aromatic carbocycles. The molecule has 2 fully saturated rings. The molecule has 2 atom stereocenters. The summed E-state index contributed by atoms with van der Waals surface area (Å²) in [6.07, 6.45) is 3.44. The first kappa shape index (κ1) is 17.5. The van der Waals surface area contributed by atoms with Crippen LogP contribution in [0.15, 0.2) is 18.2 Å². The minimum Gasteiger partial charge on any atom is -0.507 e. The van der Waals surface area contributed by atoms with Gasteiger partial charge >= 0.3 is 0 Å². The number of carbonyl (C=O) groups is 1. The largest absolute Gasteiger partial charge is 0.507 e. The van der Waals surface area contributed by atoms with Crippen LogP contribution in [0.3, 0.4) is 0 Å². The Hall–Kier alpha value is -1.30. The van der Waals surface area contributed by atoms with Crippen LogP contribution in [0.4, 0.5) is 0 Å². The van der Waals surface area contributed by atoms with Crippen LogP contribution in [-0.4, -0.2) is 65.3 Å². The number of phenols is 1. The summed E-state index contributed by atoms with van der Waals surface area (Å²) in [5.41, 5.74) is 0.276. The van der Waals surface area contributed by atoms with Gasteiger partial charge in [-0.2, -0.15) is 0 Å². The van der Waals surface area contributed by atoms with Gasteiger partial charge in [0.15, 0.2) is 0 Å². The highest BCUT2D eigenvalue weighted by atomic mass is 35.5. The van der Waals surface area contributed by atoms with Crippen LogP contribution in [-0.2, 0) is 0 Å². The minimum atomic E-state index is -0.186. The Bertz CT molecular complexity index is 590. The number of hydrogen-bond donors (Lipinski definition) is 2. The van der Waals surface area contributed by atoms with Gasteiger partial charge in [0.05, 0.1) is 5.56 Å². The van der Waals surface area contributed by atoms with Gasteiger partial charge < -0.3 is 20.0 Å². The SMILES string of the molecule is O=C(c1ccc(Cl)cc1O)N1C[C@H](CO)C[C@H](CN2CCCC2)C1. The van der Waals surface area contributed by atoms with Gasteiger partial charge in [-0.25, -0.2) is 0 Å². The number of halogens is 1. The van der Waals surface area contributed by atoms with E-state index < -0.39 is 0 Å². The van der Waals surface area contributed by atoms with E-state index >= 15 is 0 Å². The molecule has 2 N–H and O–H groups in total. The van der Waals surface area contributed by atoms with Crippen LogP contribution in [0, 0.1) is 11.8 Å². The molecule has 2 aliphatic rings. The van der Waals surface area contributed by atoms with Crippen molar-refractivity contribution < 1.29 is 15.0 Å². The molecular formula is C18H25ClN2O3. The van der Waals surface area contributed by atoms with Gasteiger partial charge in [-0.3, -0.25) is 4.79 Å². The van der Waals surface area contributed by atoms with Crippen LogP contribution < -0.4 is 0 Å². The monoisotopic (exact) mass is 352 g/mol. The Morgan fingerprint density at radius 1 is 1.21 bits per heavy atom. The van der Waals surface area contributed by atoms with E-state index in [0.29, 0.717) is 24.0 Å². The Kier molecular flexibility index (Phi) is 5.64. The van der Waals surface area contributed by atoms with Crippen molar-refractivity contribution in [3.05, 3.63) is 28.8 Å². The maximum atomic E-state index is 12.8. The lowest BCUT2D eigenvalue weighted by molar-refractivity contribution is 0.0463. The highest BCUT2D eigenvalue weighted by molar-refractivity contribution is 6.30. The molecule has 132 valence electrons. The molecule has 2 saturated heterocycles. The summed E-state index contributed by atoms with van der Waals surface area (Å²) in [4.78, 5) is 17.0. The van der Waals surface area contributed by atoms with Crippen LogP contribution >= 0.6 is 11.6 Å². The molecular weight excluding hydrogens is 328 g/mol. The van der Waals surface area contributed by atoms with Crippen molar-refractivity contribution in [2.24, 2.45) is 11.8 Å². The number of aromatic hydroxyl groups is 1. The van der Waals surface area contributed by atoms with Crippen molar-refractivity contribution in [3.8, 4) is 5.75 Å². The molecule has 1 amide bonds. The van der Waals surface area contributed by atoms with Gasteiger partial charge in [0, 0.05) is 31.3 Å². The lowest BCUT2D eigenvalue weighted by Crippen LogP contribution is -2.47. The summed E-state index contributed by atoms with van der Waals surface area (Å²) < 4.78 is 0. The van der Waals surface area contributed by atoms with E-state index in [1.54, 1.807) is 17.0 Å². The van der Waals surface area contributed by atoms with Crippen molar-refractivity contribution in [3.63, 3.8) is 0 Å². The van der Waals surface area contributed by atoms with Gasteiger partial charge in [-0.05, 0) is 62.4 Å². The first-order valence-corrected chi connectivity index (χ1v) is 9.05. The number of amides is 1. The second-order valence-corrected chi connectivity index (χ2v) is 7.47. The quantitative estimate of drug-likeness (QED) is 0.872. The van der Waals surface area contributed by atoms with Crippen molar-refractivity contribution in [2.45, 2.75) is 19.3 Å². The molecule has 0 unspecified atom stereocenters. The fraction of sp³-hybridized carbons (Fsp3) is 0.611. The number of benzene rings is 1. The molecule has 0 aromatic heterocycles. The van der Waals surface area contributed by atoms with E-state index in [1.807, 2.05) is 0 Å². The first-order chi connectivity index (χ1) is 11.6. The summed E-state index contributed by atoms with van der Waals surface area (Å²) in [6, 6.07) is 4.58. The van der Waals surface area contributed by atoms with E-state index in [-0.39, 0.29) is 29.7 Å². The first-order valence-electron chi connectivity index (χ1n) is 8.68. The molecule has 2 heterocycles. The number of phenolic OH excluding ortho intramolecular Hbond substituents is 1. The molecule has 0 aliphatic carbocycles. The number of likely N-dealkylation sites (tertiary alicyclic amines) is 2. The third-order valence-corrected chi connectivity index (χ3v) is 5.31. The minimum absolute atomic E-state index is 0.0882. The predicted molar refractivity (Wildman–Crippen MR) is 93.4 cm³/mol. The highest BCUT2D eigenvalue weighted by Gasteiger charge is 2.32. The molecule has 3 rings (SSSR count). The van der Waals surface area contributed by atoms with E-state index in [9.17, 15) is 15.0 Å². The summed E-state index contributed by atoms with van der Waals surface area (Å²) in [7, 11) is 0. The second kappa shape index (κ2) is 7.72. The fourth-order valence-corrected chi connectivity index (χ4v) is 4.10. The maximum absolute atomic E-state index is 12.8. The lowest BCUT2D eigenvalue weighted by Gasteiger charge is -2.38. The molecule has 0 saturated carbocycles. The van der Waals surface area contributed by atoms with E-state index in [1.165, 1.54) is 18.9 Å². The van der Waals surface area contributed by atoms with Gasteiger partial charge in [-0.1, -0.05) is 11.6 Å². The van der Waals surface area contributed by atoms with E-state index in [4.69, 9.17) is 11.6 Å². The molecule has 0 spiro atoms. The number of hydrogen-bond acceptors (Lipinski definition) is 4. The standard InChI is InChI=1S/C18H25ClN2O3/c19-15-3-4-16(17(23)8-15)18(24)21-10-13(7-14(11-21)12-22)9-20-5-1-2-6-20/h3-4,8,13-14,22-23H,1-2,5-7,9-12H2/t13-,14-/m1/s1. The van der Waals surface area contributed by atoms with Crippen molar-refractivity contribution in [1.29, 1.82) is 0 Å². The van der Waals surface area contributed by atoms with Crippen LogP contribution in [0.1, 0.15) is 29.6 Å². The number of carbonyl (C=O) groups excluding carboxylic acids is 1. The highest BCUT2D eigenvalue weighted by Crippen LogP contribution is 2.28. The summed E-state index contributed by atoms with van der Waals surface area (Å²) in [6.45, 7) is 4.54. The number of aliphatic hydroxyl groups excluding tert-OH is 1. The number of rotatable bonds is 4. The van der Waals surface area contributed by atoms with Gasteiger partial charge in [0.2, 0.25) is 0 Å². The summed E-state index contributed by atoms with van der Waals surface area (Å²) >= 11 is 5.85. The third kappa shape index (κ3) is 4.02. The smallest absolute Gasteiger partial charge is 0.257 e. The molecule has 0 radical (unpaired) electrons. The zero-order chi connectivity index (χ0) is 17.1. The molecule has 0 bridgehead atoms. The second-order valence-electron chi connectivity index (χ2n) is 7.03. The topological polar surface area (TPSA) is 64.0 Å². The molecule has 1 aromatic rings. The Balaban J connectivity index is 1.71. The maximum Gasteiger partial charge on any atom is 0.257 e. The Morgan fingerprint density at radius 3 is 2.58 bits per heavy atom. The molecule has 2 aliphatic heterocycles. The fourth-order valence-electron chi connectivity index (χ4n) is 3.94. The van der Waals surface area contributed by atoms with E-state index in [2.05, 4.69) is 4.90 Å². The lowest BCUT2D eigenvalue weighted by atomic mass is 9.88. The van der Waals surface area contributed by atoms with Gasteiger partial charge in [0.25, 0.3) is 5.91 Å².